The SMILES string of the molecule is B.NCCn1c2ccccc2c2ccc(OCC=C3CN4CCC3CC4)cc21. The van der Waals surface area contributed by atoms with Gasteiger partial charge in [-0.05, 0) is 56.1 Å². The van der Waals surface area contributed by atoms with Crippen molar-refractivity contribution in [2.45, 2.75) is 19.4 Å². The Kier molecular flexibility index (Phi) is 5.47. The summed E-state index contributed by atoms with van der Waals surface area (Å²) in [5.41, 5.74) is 9.89. The Morgan fingerprint density at radius 3 is 2.57 bits per heavy atom. The zero-order valence-electron chi connectivity index (χ0n) is 15.7. The van der Waals surface area contributed by atoms with Crippen LogP contribution >= 0.6 is 0 Å². The summed E-state index contributed by atoms with van der Waals surface area (Å²) < 4.78 is 8.42. The van der Waals surface area contributed by atoms with Gasteiger partial charge in [-0.2, -0.15) is 0 Å². The molecule has 3 aromatic rings. The summed E-state index contributed by atoms with van der Waals surface area (Å²) in [6.45, 7) is 5.77. The Morgan fingerprint density at radius 2 is 1.82 bits per heavy atom. The number of ether oxygens (including phenoxy) is 1. The van der Waals surface area contributed by atoms with Crippen molar-refractivity contribution in [1.29, 1.82) is 0 Å². The molecule has 4 heterocycles. The van der Waals surface area contributed by atoms with E-state index in [1.54, 1.807) is 5.57 Å². The second-order valence-corrected chi connectivity index (χ2v) is 7.78. The summed E-state index contributed by atoms with van der Waals surface area (Å²) in [6, 6.07) is 15.0. The molecule has 3 aliphatic heterocycles. The first kappa shape index (κ1) is 19.1. The smallest absolute Gasteiger partial charge is 0.121 e. The lowest BCUT2D eigenvalue weighted by Gasteiger charge is -2.41. The third-order valence-corrected chi connectivity index (χ3v) is 6.21. The molecule has 146 valence electrons. The van der Waals surface area contributed by atoms with E-state index >= 15 is 0 Å². The van der Waals surface area contributed by atoms with Crippen LogP contribution in [0.5, 0.6) is 5.75 Å². The minimum Gasteiger partial charge on any atom is -0.489 e. The van der Waals surface area contributed by atoms with Crippen molar-refractivity contribution in [2.75, 3.05) is 32.8 Å². The van der Waals surface area contributed by atoms with E-state index in [4.69, 9.17) is 10.5 Å². The Morgan fingerprint density at radius 1 is 1.04 bits per heavy atom. The number of hydrogen-bond acceptors (Lipinski definition) is 3. The van der Waals surface area contributed by atoms with E-state index in [-0.39, 0.29) is 8.41 Å². The van der Waals surface area contributed by atoms with Crippen LogP contribution in [-0.4, -0.2) is 50.7 Å². The minimum absolute atomic E-state index is 0. The quantitative estimate of drug-likeness (QED) is 0.551. The first-order valence-electron chi connectivity index (χ1n) is 10.1. The van der Waals surface area contributed by atoms with Gasteiger partial charge in [0.05, 0.1) is 13.9 Å². The molecule has 0 amide bonds. The van der Waals surface area contributed by atoms with Crippen molar-refractivity contribution in [2.24, 2.45) is 11.7 Å². The summed E-state index contributed by atoms with van der Waals surface area (Å²) >= 11 is 0. The minimum atomic E-state index is 0. The van der Waals surface area contributed by atoms with Crippen molar-refractivity contribution in [3.8, 4) is 5.75 Å². The molecular formula is C23H30BN3O. The molecule has 0 saturated carbocycles. The van der Waals surface area contributed by atoms with Gasteiger partial charge in [-0.3, -0.25) is 4.90 Å². The highest BCUT2D eigenvalue weighted by atomic mass is 16.5. The summed E-state index contributed by atoms with van der Waals surface area (Å²) in [5, 5.41) is 2.55. The van der Waals surface area contributed by atoms with Gasteiger partial charge in [0.15, 0.2) is 0 Å². The van der Waals surface area contributed by atoms with E-state index in [9.17, 15) is 0 Å². The topological polar surface area (TPSA) is 43.4 Å². The van der Waals surface area contributed by atoms with Crippen molar-refractivity contribution < 1.29 is 4.74 Å². The van der Waals surface area contributed by atoms with Gasteiger partial charge in [0.2, 0.25) is 0 Å². The predicted molar refractivity (Wildman–Crippen MR) is 121 cm³/mol. The van der Waals surface area contributed by atoms with Crippen LogP contribution in [0.25, 0.3) is 21.8 Å². The lowest BCUT2D eigenvalue weighted by atomic mass is 9.84. The highest BCUT2D eigenvalue weighted by Crippen LogP contribution is 2.33. The molecule has 0 atom stereocenters. The molecule has 28 heavy (non-hydrogen) atoms. The molecule has 3 aliphatic rings. The molecule has 0 spiro atoms. The monoisotopic (exact) mass is 375 g/mol. The van der Waals surface area contributed by atoms with Crippen molar-refractivity contribution in [3.63, 3.8) is 0 Å². The van der Waals surface area contributed by atoms with Crippen LogP contribution < -0.4 is 10.5 Å². The second-order valence-electron chi connectivity index (χ2n) is 7.78. The molecule has 2 bridgehead atoms. The van der Waals surface area contributed by atoms with E-state index in [0.717, 1.165) is 24.8 Å². The Hall–Kier alpha value is -2.24. The maximum atomic E-state index is 6.11. The Balaban J connectivity index is 0.00000192. The fraction of sp³-hybridized carbons (Fsp3) is 0.391. The molecule has 5 heteroatoms. The average molecular weight is 375 g/mol. The molecule has 2 N–H and O–H groups in total. The number of para-hydroxylation sites is 1. The van der Waals surface area contributed by atoms with Crippen molar-refractivity contribution in [3.05, 3.63) is 54.1 Å². The van der Waals surface area contributed by atoms with Crippen LogP contribution in [0.1, 0.15) is 12.8 Å². The number of piperidine rings is 3. The number of hydrogen-bond donors (Lipinski definition) is 1. The predicted octanol–water partition coefficient (Wildman–Crippen LogP) is 2.60. The summed E-state index contributed by atoms with van der Waals surface area (Å²) in [4.78, 5) is 2.56. The zero-order valence-corrected chi connectivity index (χ0v) is 15.7. The Labute approximate surface area is 168 Å². The fourth-order valence-corrected chi connectivity index (χ4v) is 4.81. The van der Waals surface area contributed by atoms with Gasteiger partial charge in [-0.25, -0.2) is 0 Å². The summed E-state index contributed by atoms with van der Waals surface area (Å²) in [7, 11) is 0. The summed E-state index contributed by atoms with van der Waals surface area (Å²) in [5.74, 6) is 1.72. The van der Waals surface area contributed by atoms with Crippen LogP contribution in [0, 0.1) is 5.92 Å². The van der Waals surface area contributed by atoms with E-state index in [0.29, 0.717) is 13.2 Å². The van der Waals surface area contributed by atoms with E-state index in [2.05, 4.69) is 58.0 Å². The maximum absolute atomic E-state index is 6.11. The molecule has 2 aromatic carbocycles. The van der Waals surface area contributed by atoms with Crippen LogP contribution in [0.3, 0.4) is 0 Å². The van der Waals surface area contributed by atoms with Crippen LogP contribution in [-0.2, 0) is 6.54 Å². The van der Waals surface area contributed by atoms with Gasteiger partial charge in [-0.1, -0.05) is 23.8 Å². The largest absolute Gasteiger partial charge is 0.489 e. The number of aromatic nitrogens is 1. The highest BCUT2D eigenvalue weighted by molar-refractivity contribution is 6.08. The van der Waals surface area contributed by atoms with Crippen LogP contribution in [0.15, 0.2) is 54.1 Å². The molecule has 6 rings (SSSR count). The van der Waals surface area contributed by atoms with Crippen LogP contribution in [0.2, 0.25) is 0 Å². The maximum Gasteiger partial charge on any atom is 0.121 e. The molecule has 0 unspecified atom stereocenters. The van der Waals surface area contributed by atoms with Crippen molar-refractivity contribution >= 4 is 30.2 Å². The highest BCUT2D eigenvalue weighted by Gasteiger charge is 2.28. The first-order valence-corrected chi connectivity index (χ1v) is 10.1. The van der Waals surface area contributed by atoms with Gasteiger partial charge in [0.1, 0.15) is 12.4 Å². The molecule has 4 nitrogen and oxygen atoms in total. The van der Waals surface area contributed by atoms with Crippen LogP contribution in [0.4, 0.5) is 0 Å². The lowest BCUT2D eigenvalue weighted by molar-refractivity contribution is 0.160. The van der Waals surface area contributed by atoms with Crippen molar-refractivity contribution in [1.82, 2.24) is 9.47 Å². The number of nitrogens with zero attached hydrogens (tertiary/aromatic N) is 2. The number of rotatable bonds is 5. The van der Waals surface area contributed by atoms with Gasteiger partial charge in [0.25, 0.3) is 0 Å². The first-order chi connectivity index (χ1) is 13.3. The molecule has 3 fully saturated rings. The van der Waals surface area contributed by atoms with E-state index in [1.165, 1.54) is 47.7 Å². The molecule has 0 radical (unpaired) electrons. The molecule has 0 aliphatic carbocycles. The molecule has 3 saturated heterocycles. The Bertz CT molecular complexity index is 1000. The molecule has 1 aromatic heterocycles. The molecular weight excluding hydrogens is 345 g/mol. The van der Waals surface area contributed by atoms with Gasteiger partial charge >= 0.3 is 0 Å². The third-order valence-electron chi connectivity index (χ3n) is 6.21. The average Bonchev–Trinajstić information content (AvgIpc) is 3.03. The second kappa shape index (κ2) is 8.02. The zero-order chi connectivity index (χ0) is 18.2. The number of benzene rings is 2. The normalized spacial score (nSPS) is 22.7. The van der Waals surface area contributed by atoms with Gasteiger partial charge < -0.3 is 15.0 Å². The fourth-order valence-electron chi connectivity index (χ4n) is 4.81. The lowest BCUT2D eigenvalue weighted by Crippen LogP contribution is -2.43. The van der Waals surface area contributed by atoms with E-state index < -0.39 is 0 Å². The standard InChI is InChI=1S/C23H27N3O.BH3/c24-10-13-26-22-4-2-1-3-20(22)21-6-5-19(15-23(21)26)27-14-9-18-16-25-11-7-17(18)8-12-25;/h1-6,9,15,17H,7-8,10-14,16,24H2;1H3. The van der Waals surface area contributed by atoms with E-state index in [1.807, 2.05) is 0 Å². The van der Waals surface area contributed by atoms with Gasteiger partial charge in [-0.15, -0.1) is 0 Å². The third kappa shape index (κ3) is 3.34. The number of nitrogens with two attached hydrogens (primary N) is 1. The number of fused-ring (bicyclic) bond motifs is 6. The summed E-state index contributed by atoms with van der Waals surface area (Å²) in [6.07, 6.45) is 4.95. The van der Waals surface area contributed by atoms with Gasteiger partial charge in [0, 0.05) is 42.0 Å².